The second-order valence-electron chi connectivity index (χ2n) is 7.58. The fourth-order valence-corrected chi connectivity index (χ4v) is 3.34. The number of halogens is 1. The van der Waals surface area contributed by atoms with Gasteiger partial charge < -0.3 is 9.64 Å². The molecule has 0 amide bonds. The van der Waals surface area contributed by atoms with Gasteiger partial charge in [-0.05, 0) is 17.7 Å². The Morgan fingerprint density at radius 2 is 1.89 bits per heavy atom. The largest absolute Gasteiger partial charge is 0.467 e. The third kappa shape index (κ3) is 3.23. The zero-order chi connectivity index (χ0) is 19.2. The Labute approximate surface area is 163 Å². The van der Waals surface area contributed by atoms with Crippen molar-refractivity contribution in [2.75, 3.05) is 12.0 Å². The Hall–Kier alpha value is -2.67. The highest BCUT2D eigenvalue weighted by molar-refractivity contribution is 6.30. The van der Waals surface area contributed by atoms with E-state index >= 15 is 0 Å². The van der Waals surface area contributed by atoms with Crippen LogP contribution in [0.1, 0.15) is 32.2 Å². The number of methoxy groups -OCH3 is 1. The van der Waals surface area contributed by atoms with Gasteiger partial charge in [-0.15, -0.1) is 10.2 Å². The molecule has 1 aromatic carbocycles. The van der Waals surface area contributed by atoms with E-state index in [4.69, 9.17) is 16.3 Å². The number of rotatable bonds is 3. The van der Waals surface area contributed by atoms with E-state index in [9.17, 15) is 0 Å². The molecule has 0 fully saturated rings. The van der Waals surface area contributed by atoms with Crippen LogP contribution in [0.2, 0.25) is 5.02 Å². The Balaban J connectivity index is 1.81. The van der Waals surface area contributed by atoms with Gasteiger partial charge in [-0.25, -0.2) is 4.98 Å². The minimum Gasteiger partial charge on any atom is -0.467 e. The molecule has 3 heterocycles. The van der Waals surface area contributed by atoms with E-state index in [1.54, 1.807) is 13.3 Å². The third-order valence-corrected chi connectivity index (χ3v) is 4.75. The summed E-state index contributed by atoms with van der Waals surface area (Å²) < 4.78 is 7.34. The summed E-state index contributed by atoms with van der Waals surface area (Å²) in [4.78, 5) is 11.1. The van der Waals surface area contributed by atoms with E-state index in [0.29, 0.717) is 19.2 Å². The van der Waals surface area contributed by atoms with Crippen molar-refractivity contribution in [3.63, 3.8) is 0 Å². The van der Waals surface area contributed by atoms with Crippen molar-refractivity contribution in [2.45, 2.75) is 39.4 Å². The first-order chi connectivity index (χ1) is 12.9. The highest BCUT2D eigenvalue weighted by atomic mass is 35.5. The molecule has 2 aromatic heterocycles. The van der Waals surface area contributed by atoms with Crippen LogP contribution < -0.4 is 9.64 Å². The molecule has 1 aliphatic rings. The molecule has 4 rings (SSSR count). The number of nitrogens with zero attached hydrogens (tertiary/aromatic N) is 6. The number of benzene rings is 1. The summed E-state index contributed by atoms with van der Waals surface area (Å²) in [5, 5.41) is 9.58. The summed E-state index contributed by atoms with van der Waals surface area (Å²) in [6.45, 7) is 7.71. The topological polar surface area (TPSA) is 69.0 Å². The molecule has 0 spiro atoms. The van der Waals surface area contributed by atoms with Crippen molar-refractivity contribution in [3.05, 3.63) is 46.9 Å². The fraction of sp³-hybridized carbons (Fsp3) is 0.368. The van der Waals surface area contributed by atoms with Crippen LogP contribution in [-0.4, -0.2) is 31.8 Å². The SMILES string of the molecule is COc1ncc2c(n1)-c1nnc(C(C)(C)C)n1CN2Cc1ccc(Cl)cc1. The van der Waals surface area contributed by atoms with Crippen molar-refractivity contribution in [1.29, 1.82) is 0 Å². The maximum absolute atomic E-state index is 6.02. The van der Waals surface area contributed by atoms with Crippen LogP contribution in [-0.2, 0) is 18.6 Å². The standard InChI is InChI=1S/C19H21ClN6O/c1-19(2,3)17-24-23-16-15-14(9-21-18(22-15)27-4)25(11-26(16)17)10-12-5-7-13(20)8-6-12/h5-9H,10-11H2,1-4H3. The Morgan fingerprint density at radius 1 is 1.15 bits per heavy atom. The molecule has 27 heavy (non-hydrogen) atoms. The average Bonchev–Trinajstić information content (AvgIpc) is 3.07. The van der Waals surface area contributed by atoms with Gasteiger partial charge in [0, 0.05) is 17.0 Å². The minimum atomic E-state index is -0.133. The molecule has 8 heteroatoms. The molecule has 0 saturated carbocycles. The lowest BCUT2D eigenvalue weighted by atomic mass is 9.95. The van der Waals surface area contributed by atoms with Gasteiger partial charge in [-0.2, -0.15) is 4.98 Å². The summed E-state index contributed by atoms with van der Waals surface area (Å²) in [6.07, 6.45) is 1.78. The predicted molar refractivity (Wildman–Crippen MR) is 104 cm³/mol. The molecule has 3 aromatic rings. The molecule has 1 aliphatic heterocycles. The number of ether oxygens (including phenoxy) is 1. The van der Waals surface area contributed by atoms with E-state index < -0.39 is 0 Å². The molecule has 0 N–H and O–H groups in total. The highest BCUT2D eigenvalue weighted by Crippen LogP contribution is 2.37. The van der Waals surface area contributed by atoms with Gasteiger partial charge in [0.05, 0.1) is 25.7 Å². The molecule has 0 atom stereocenters. The second kappa shape index (κ2) is 6.49. The Morgan fingerprint density at radius 3 is 2.56 bits per heavy atom. The van der Waals surface area contributed by atoms with Crippen LogP contribution in [0.3, 0.4) is 0 Å². The monoisotopic (exact) mass is 384 g/mol. The molecule has 0 aliphatic carbocycles. The zero-order valence-corrected chi connectivity index (χ0v) is 16.5. The minimum absolute atomic E-state index is 0.133. The summed E-state index contributed by atoms with van der Waals surface area (Å²) in [5.41, 5.74) is 2.65. The smallest absolute Gasteiger partial charge is 0.316 e. The van der Waals surface area contributed by atoms with E-state index in [-0.39, 0.29) is 5.41 Å². The molecule has 0 radical (unpaired) electrons. The van der Waals surface area contributed by atoms with Crippen molar-refractivity contribution in [3.8, 4) is 17.5 Å². The highest BCUT2D eigenvalue weighted by Gasteiger charge is 2.32. The van der Waals surface area contributed by atoms with Gasteiger partial charge in [0.25, 0.3) is 0 Å². The number of hydrogen-bond donors (Lipinski definition) is 0. The van der Waals surface area contributed by atoms with Crippen LogP contribution in [0, 0.1) is 0 Å². The van der Waals surface area contributed by atoms with Gasteiger partial charge >= 0.3 is 6.01 Å². The molecule has 7 nitrogen and oxygen atoms in total. The van der Waals surface area contributed by atoms with Crippen molar-refractivity contribution >= 4 is 17.3 Å². The van der Waals surface area contributed by atoms with E-state index in [1.807, 2.05) is 24.3 Å². The molecule has 0 unspecified atom stereocenters. The van der Waals surface area contributed by atoms with Crippen LogP contribution in [0.4, 0.5) is 5.69 Å². The van der Waals surface area contributed by atoms with Crippen molar-refractivity contribution in [1.82, 2.24) is 24.7 Å². The number of fused-ring (bicyclic) bond motifs is 3. The lowest BCUT2D eigenvalue weighted by Crippen LogP contribution is -2.33. The summed E-state index contributed by atoms with van der Waals surface area (Å²) in [5.74, 6) is 1.66. The Kier molecular flexibility index (Phi) is 4.26. The number of anilines is 1. The van der Waals surface area contributed by atoms with Gasteiger partial charge in [0.2, 0.25) is 0 Å². The van der Waals surface area contributed by atoms with Gasteiger partial charge in [-0.3, -0.25) is 4.57 Å². The normalized spacial score (nSPS) is 13.3. The first kappa shape index (κ1) is 17.7. The first-order valence-electron chi connectivity index (χ1n) is 8.71. The number of aromatic nitrogens is 5. The van der Waals surface area contributed by atoms with E-state index in [1.165, 1.54) is 0 Å². The number of hydrogen-bond acceptors (Lipinski definition) is 6. The lowest BCUT2D eigenvalue weighted by molar-refractivity contribution is 0.379. The fourth-order valence-electron chi connectivity index (χ4n) is 3.21. The lowest BCUT2D eigenvalue weighted by Gasteiger charge is -2.33. The van der Waals surface area contributed by atoms with Gasteiger partial charge in [0.1, 0.15) is 11.5 Å². The predicted octanol–water partition coefficient (Wildman–Crippen LogP) is 3.67. The molecular weight excluding hydrogens is 364 g/mol. The maximum Gasteiger partial charge on any atom is 0.316 e. The van der Waals surface area contributed by atoms with Crippen LogP contribution in [0.5, 0.6) is 6.01 Å². The maximum atomic E-state index is 6.02. The molecule has 140 valence electrons. The molecular formula is C19H21ClN6O. The summed E-state index contributed by atoms with van der Waals surface area (Å²) in [6, 6.07) is 8.17. The third-order valence-electron chi connectivity index (χ3n) is 4.50. The first-order valence-corrected chi connectivity index (χ1v) is 9.09. The average molecular weight is 385 g/mol. The van der Waals surface area contributed by atoms with E-state index in [0.717, 1.165) is 33.6 Å². The van der Waals surface area contributed by atoms with Gasteiger partial charge in [-0.1, -0.05) is 44.5 Å². The van der Waals surface area contributed by atoms with Crippen LogP contribution in [0.25, 0.3) is 11.5 Å². The second-order valence-corrected chi connectivity index (χ2v) is 8.02. The van der Waals surface area contributed by atoms with E-state index in [2.05, 4.69) is 50.4 Å². The zero-order valence-electron chi connectivity index (χ0n) is 15.8. The quantitative estimate of drug-likeness (QED) is 0.686. The van der Waals surface area contributed by atoms with Gasteiger partial charge in [0.15, 0.2) is 5.82 Å². The van der Waals surface area contributed by atoms with Crippen molar-refractivity contribution < 1.29 is 4.74 Å². The molecule has 0 saturated heterocycles. The van der Waals surface area contributed by atoms with Crippen LogP contribution >= 0.6 is 11.6 Å². The van der Waals surface area contributed by atoms with Crippen molar-refractivity contribution in [2.24, 2.45) is 0 Å². The summed E-state index contributed by atoms with van der Waals surface area (Å²) in [7, 11) is 1.56. The summed E-state index contributed by atoms with van der Waals surface area (Å²) >= 11 is 6.02. The Bertz CT molecular complexity index is 977. The van der Waals surface area contributed by atoms with Crippen LogP contribution in [0.15, 0.2) is 30.5 Å². The molecule has 0 bridgehead atoms.